The third-order valence-electron chi connectivity index (χ3n) is 2.27. The standard InChI is InChI=1S/C11H11FN2O/c1-2-9-10(11(13)15-14-9)7-5-3-4-6-8(7)12/h3-6H,2,13H2,1H3. The van der Waals surface area contributed by atoms with Gasteiger partial charge in [0.2, 0.25) is 5.88 Å². The molecule has 0 aliphatic rings. The van der Waals surface area contributed by atoms with Gasteiger partial charge < -0.3 is 10.3 Å². The highest BCUT2D eigenvalue weighted by Crippen LogP contribution is 2.31. The lowest BCUT2D eigenvalue weighted by Crippen LogP contribution is -1.91. The second kappa shape index (κ2) is 3.73. The van der Waals surface area contributed by atoms with Crippen LogP contribution in [0.1, 0.15) is 12.6 Å². The summed E-state index contributed by atoms with van der Waals surface area (Å²) in [6.45, 7) is 1.92. The predicted octanol–water partition coefficient (Wildman–Crippen LogP) is 2.63. The first-order valence-electron chi connectivity index (χ1n) is 4.73. The monoisotopic (exact) mass is 206 g/mol. The molecule has 2 aromatic rings. The van der Waals surface area contributed by atoms with Gasteiger partial charge in [0.1, 0.15) is 5.82 Å². The molecule has 0 atom stereocenters. The van der Waals surface area contributed by atoms with Crippen LogP contribution in [0.4, 0.5) is 10.3 Å². The van der Waals surface area contributed by atoms with Crippen LogP contribution in [-0.2, 0) is 6.42 Å². The first-order chi connectivity index (χ1) is 7.24. The molecule has 3 nitrogen and oxygen atoms in total. The molecule has 0 saturated carbocycles. The Morgan fingerprint density at radius 2 is 2.13 bits per heavy atom. The normalized spacial score (nSPS) is 10.5. The number of aromatic nitrogens is 1. The van der Waals surface area contributed by atoms with Crippen molar-refractivity contribution in [3.8, 4) is 11.1 Å². The fourth-order valence-corrected chi connectivity index (χ4v) is 1.53. The molecule has 0 radical (unpaired) electrons. The summed E-state index contributed by atoms with van der Waals surface area (Å²) in [5, 5.41) is 3.79. The topological polar surface area (TPSA) is 52.0 Å². The minimum Gasteiger partial charge on any atom is -0.367 e. The zero-order valence-electron chi connectivity index (χ0n) is 8.33. The number of hydrogen-bond donors (Lipinski definition) is 1. The molecule has 2 rings (SSSR count). The van der Waals surface area contributed by atoms with Crippen LogP contribution in [-0.4, -0.2) is 5.16 Å². The zero-order valence-corrected chi connectivity index (χ0v) is 8.33. The van der Waals surface area contributed by atoms with Gasteiger partial charge in [0.05, 0.1) is 11.3 Å². The van der Waals surface area contributed by atoms with Crippen molar-refractivity contribution < 1.29 is 8.91 Å². The van der Waals surface area contributed by atoms with Gasteiger partial charge in [0, 0.05) is 5.56 Å². The summed E-state index contributed by atoms with van der Waals surface area (Å²) in [6, 6.07) is 6.44. The summed E-state index contributed by atoms with van der Waals surface area (Å²) in [4.78, 5) is 0. The van der Waals surface area contributed by atoms with Crippen LogP contribution in [0.3, 0.4) is 0 Å². The van der Waals surface area contributed by atoms with E-state index in [2.05, 4.69) is 5.16 Å². The number of benzene rings is 1. The molecular formula is C11H11FN2O. The highest BCUT2D eigenvalue weighted by Gasteiger charge is 2.16. The van der Waals surface area contributed by atoms with E-state index < -0.39 is 0 Å². The summed E-state index contributed by atoms with van der Waals surface area (Å²) in [5.74, 6) is -0.154. The van der Waals surface area contributed by atoms with E-state index in [1.807, 2.05) is 6.92 Å². The molecule has 0 amide bonds. The number of nitrogens with two attached hydrogens (primary N) is 1. The predicted molar refractivity (Wildman–Crippen MR) is 55.7 cm³/mol. The van der Waals surface area contributed by atoms with Crippen LogP contribution in [0.15, 0.2) is 28.8 Å². The highest BCUT2D eigenvalue weighted by molar-refractivity contribution is 5.75. The number of aryl methyl sites for hydroxylation is 1. The highest BCUT2D eigenvalue weighted by atomic mass is 19.1. The summed E-state index contributed by atoms with van der Waals surface area (Å²) >= 11 is 0. The second-order valence-electron chi connectivity index (χ2n) is 3.20. The minimum atomic E-state index is -0.317. The Balaban J connectivity index is 2.63. The quantitative estimate of drug-likeness (QED) is 0.821. The van der Waals surface area contributed by atoms with Gasteiger partial charge in [-0.2, -0.15) is 0 Å². The average molecular weight is 206 g/mol. The van der Waals surface area contributed by atoms with Crippen LogP contribution in [0, 0.1) is 5.82 Å². The van der Waals surface area contributed by atoms with E-state index in [0.29, 0.717) is 23.2 Å². The molecule has 0 spiro atoms. The fraction of sp³-hybridized carbons (Fsp3) is 0.182. The van der Waals surface area contributed by atoms with E-state index in [-0.39, 0.29) is 11.7 Å². The van der Waals surface area contributed by atoms with Crippen molar-refractivity contribution in [2.45, 2.75) is 13.3 Å². The molecule has 0 unspecified atom stereocenters. The molecular weight excluding hydrogens is 195 g/mol. The Morgan fingerprint density at radius 3 is 2.80 bits per heavy atom. The SMILES string of the molecule is CCc1noc(N)c1-c1ccccc1F. The van der Waals surface area contributed by atoms with Gasteiger partial charge in [0.15, 0.2) is 0 Å². The van der Waals surface area contributed by atoms with E-state index >= 15 is 0 Å². The van der Waals surface area contributed by atoms with Gasteiger partial charge in [-0.15, -0.1) is 0 Å². The van der Waals surface area contributed by atoms with Gasteiger partial charge in [-0.3, -0.25) is 0 Å². The molecule has 1 aromatic carbocycles. The van der Waals surface area contributed by atoms with Gasteiger partial charge >= 0.3 is 0 Å². The lowest BCUT2D eigenvalue weighted by Gasteiger charge is -2.01. The molecule has 0 fully saturated rings. The molecule has 78 valence electrons. The molecule has 15 heavy (non-hydrogen) atoms. The fourth-order valence-electron chi connectivity index (χ4n) is 1.53. The number of nitrogen functional groups attached to an aromatic ring is 1. The third kappa shape index (κ3) is 1.58. The van der Waals surface area contributed by atoms with Crippen molar-refractivity contribution in [3.63, 3.8) is 0 Å². The van der Waals surface area contributed by atoms with Crippen LogP contribution < -0.4 is 5.73 Å². The van der Waals surface area contributed by atoms with Crippen molar-refractivity contribution in [2.24, 2.45) is 0 Å². The summed E-state index contributed by atoms with van der Waals surface area (Å²) in [7, 11) is 0. The van der Waals surface area contributed by atoms with Crippen molar-refractivity contribution in [3.05, 3.63) is 35.8 Å². The maximum atomic E-state index is 13.5. The zero-order chi connectivity index (χ0) is 10.8. The molecule has 1 aromatic heterocycles. The number of rotatable bonds is 2. The lowest BCUT2D eigenvalue weighted by molar-refractivity contribution is 0.428. The summed E-state index contributed by atoms with van der Waals surface area (Å²) in [5.41, 5.74) is 7.30. The molecule has 4 heteroatoms. The number of halogens is 1. The van der Waals surface area contributed by atoms with Gasteiger partial charge in [0.25, 0.3) is 0 Å². The largest absolute Gasteiger partial charge is 0.367 e. The number of hydrogen-bond acceptors (Lipinski definition) is 3. The van der Waals surface area contributed by atoms with E-state index in [0.717, 1.165) is 0 Å². The molecule has 0 aliphatic carbocycles. The third-order valence-corrected chi connectivity index (χ3v) is 2.27. The van der Waals surface area contributed by atoms with Crippen molar-refractivity contribution in [1.29, 1.82) is 0 Å². The van der Waals surface area contributed by atoms with Crippen molar-refractivity contribution >= 4 is 5.88 Å². The maximum Gasteiger partial charge on any atom is 0.230 e. The van der Waals surface area contributed by atoms with Crippen LogP contribution in [0.25, 0.3) is 11.1 Å². The molecule has 0 bridgehead atoms. The van der Waals surface area contributed by atoms with Crippen molar-refractivity contribution in [1.82, 2.24) is 5.16 Å². The smallest absolute Gasteiger partial charge is 0.230 e. The van der Waals surface area contributed by atoms with Crippen molar-refractivity contribution in [2.75, 3.05) is 5.73 Å². The van der Waals surface area contributed by atoms with Gasteiger partial charge in [-0.25, -0.2) is 4.39 Å². The van der Waals surface area contributed by atoms with Gasteiger partial charge in [-0.1, -0.05) is 30.3 Å². The Morgan fingerprint density at radius 1 is 1.40 bits per heavy atom. The summed E-state index contributed by atoms with van der Waals surface area (Å²) < 4.78 is 18.4. The van der Waals surface area contributed by atoms with Gasteiger partial charge in [-0.05, 0) is 12.5 Å². The molecule has 2 N–H and O–H groups in total. The van der Waals surface area contributed by atoms with Crippen LogP contribution in [0.5, 0.6) is 0 Å². The second-order valence-corrected chi connectivity index (χ2v) is 3.20. The Bertz CT molecular complexity index is 479. The number of nitrogens with zero attached hydrogens (tertiary/aromatic N) is 1. The van der Waals surface area contributed by atoms with Crippen LogP contribution >= 0.6 is 0 Å². The Hall–Kier alpha value is -1.84. The average Bonchev–Trinajstić information content (AvgIpc) is 2.60. The van der Waals surface area contributed by atoms with E-state index in [9.17, 15) is 4.39 Å². The van der Waals surface area contributed by atoms with E-state index in [1.165, 1.54) is 6.07 Å². The molecule has 0 aliphatic heterocycles. The summed E-state index contributed by atoms with van der Waals surface area (Å²) in [6.07, 6.45) is 0.657. The Kier molecular flexibility index (Phi) is 2.41. The van der Waals surface area contributed by atoms with E-state index in [1.54, 1.807) is 18.2 Å². The van der Waals surface area contributed by atoms with E-state index in [4.69, 9.17) is 10.3 Å². The Labute approximate surface area is 86.7 Å². The minimum absolute atomic E-state index is 0.164. The number of anilines is 1. The molecule has 0 saturated heterocycles. The van der Waals surface area contributed by atoms with Crippen LogP contribution in [0.2, 0.25) is 0 Å². The first kappa shape index (κ1) is 9.71. The lowest BCUT2D eigenvalue weighted by atomic mass is 10.0. The first-order valence-corrected chi connectivity index (χ1v) is 4.73. The maximum absolute atomic E-state index is 13.5. The molecule has 1 heterocycles.